The lowest BCUT2D eigenvalue weighted by molar-refractivity contribution is 0.662. The summed E-state index contributed by atoms with van der Waals surface area (Å²) in [5, 5.41) is 10.9. The monoisotopic (exact) mass is 1180 g/mol. The highest BCUT2D eigenvalue weighted by Gasteiger charge is 2.24. The van der Waals surface area contributed by atoms with Crippen LogP contribution in [0, 0.1) is 0 Å². The summed E-state index contributed by atoms with van der Waals surface area (Å²) in [5.41, 5.74) is 23.4. The van der Waals surface area contributed by atoms with E-state index in [1.807, 2.05) is 0 Å². The van der Waals surface area contributed by atoms with E-state index >= 15 is 0 Å². The lowest BCUT2D eigenvalue weighted by Gasteiger charge is -2.25. The summed E-state index contributed by atoms with van der Waals surface area (Å²) in [6, 6.07) is 88.7. The van der Waals surface area contributed by atoms with E-state index in [-0.39, 0.29) is 0 Å². The Kier molecular flexibility index (Phi) is 12.5. The van der Waals surface area contributed by atoms with E-state index in [9.17, 15) is 0 Å². The average molecular weight is 1180 g/mol. The molecule has 0 spiro atoms. The van der Waals surface area contributed by atoms with Crippen LogP contribution in [0.2, 0.25) is 0 Å². The van der Waals surface area contributed by atoms with Gasteiger partial charge in [-0.3, -0.25) is 0 Å². The standard InChI is InChI=1S/C84H68N4O3/c1-49(2)53-35-54(50(3)4)38-63(37-53)87-75-25-17-15-23-65(75)67-31-27-59(41-77(67)87)85(57-19-11-9-12-20-57)61-29-33-69-71-45-83-73(47-81(71)89-79(69)43-61)74-48-82-72(46-84(74)91-83)70-34-30-62(44-80(70)90-82)86(58-21-13-10-14-22-58)60-28-32-68-66-24-16-18-26-76(66)88(78(68)42-60)64-39-55(51(5)6)36-56(40-64)52(7)8/h9-52H,1-8H3. The summed E-state index contributed by atoms with van der Waals surface area (Å²) >= 11 is 0. The van der Waals surface area contributed by atoms with E-state index in [2.05, 4.69) is 317 Å². The van der Waals surface area contributed by atoms with Gasteiger partial charge in [-0.25, -0.2) is 0 Å². The van der Waals surface area contributed by atoms with E-state index in [0.29, 0.717) is 23.7 Å². The van der Waals surface area contributed by atoms with Crippen molar-refractivity contribution in [1.29, 1.82) is 0 Å². The van der Waals surface area contributed by atoms with Crippen LogP contribution in [0.3, 0.4) is 0 Å². The normalized spacial score (nSPS) is 12.4. The van der Waals surface area contributed by atoms with E-state index in [4.69, 9.17) is 13.3 Å². The van der Waals surface area contributed by atoms with Crippen molar-refractivity contribution in [2.45, 2.75) is 79.1 Å². The molecule has 0 saturated heterocycles. The first kappa shape index (κ1) is 54.4. The number of anilines is 6. The zero-order chi connectivity index (χ0) is 61.5. The topological polar surface area (TPSA) is 55.8 Å². The van der Waals surface area contributed by atoms with Gasteiger partial charge in [0, 0.05) is 111 Å². The van der Waals surface area contributed by atoms with Gasteiger partial charge in [0.2, 0.25) is 0 Å². The van der Waals surface area contributed by atoms with Crippen LogP contribution in [-0.4, -0.2) is 9.13 Å². The predicted octanol–water partition coefficient (Wildman–Crippen LogP) is 25.0. The molecule has 0 radical (unpaired) electrons. The van der Waals surface area contributed by atoms with Gasteiger partial charge in [-0.05, 0) is 179 Å². The fourth-order valence-corrected chi connectivity index (χ4v) is 14.3. The summed E-state index contributed by atoms with van der Waals surface area (Å²) in [7, 11) is 0. The molecule has 91 heavy (non-hydrogen) atoms. The number of rotatable bonds is 12. The van der Waals surface area contributed by atoms with E-state index in [1.54, 1.807) is 0 Å². The van der Waals surface area contributed by atoms with Crippen LogP contribution < -0.4 is 9.80 Å². The van der Waals surface area contributed by atoms with Gasteiger partial charge in [0.1, 0.15) is 33.5 Å². The van der Waals surface area contributed by atoms with Gasteiger partial charge in [0.15, 0.2) is 0 Å². The van der Waals surface area contributed by atoms with Crippen LogP contribution in [0.4, 0.5) is 34.1 Å². The van der Waals surface area contributed by atoms with Crippen LogP contribution in [0.1, 0.15) is 101 Å². The maximum absolute atomic E-state index is 6.93. The van der Waals surface area contributed by atoms with Gasteiger partial charge in [-0.15, -0.1) is 0 Å². The average Bonchev–Trinajstić information content (AvgIpc) is 1.61. The van der Waals surface area contributed by atoms with Gasteiger partial charge in [0.05, 0.1) is 22.1 Å². The summed E-state index contributed by atoms with van der Waals surface area (Å²) in [4.78, 5) is 4.68. The molecule has 0 aliphatic rings. The molecule has 5 heterocycles. The van der Waals surface area contributed by atoms with Crippen LogP contribution in [0.15, 0.2) is 256 Å². The molecule has 5 aromatic heterocycles. The Hall–Kier alpha value is -10.8. The van der Waals surface area contributed by atoms with Crippen molar-refractivity contribution in [3.63, 3.8) is 0 Å². The second-order valence-electron chi connectivity index (χ2n) is 26.1. The zero-order valence-corrected chi connectivity index (χ0v) is 52.4. The molecule has 7 nitrogen and oxygen atoms in total. The van der Waals surface area contributed by atoms with Crippen molar-refractivity contribution in [3.8, 4) is 11.4 Å². The fraction of sp³-hybridized carbons (Fsp3) is 0.143. The lowest BCUT2D eigenvalue weighted by Crippen LogP contribution is -2.10. The SMILES string of the molecule is CC(C)c1cc(C(C)C)cc(-n2c3ccccc3c3ccc(N(c4ccccc4)c4ccc5c(c4)oc4cc6c(cc45)oc4cc5c(cc46)oc4cc(N(c6ccccc6)c6ccc7c8ccccc8n(-c8cc(C(C)C)cc(C(C)C)c8)c7c6)ccc45)cc32)c1. The quantitative estimate of drug-likeness (QED) is 0.122. The third-order valence-corrected chi connectivity index (χ3v) is 19.1. The van der Waals surface area contributed by atoms with E-state index < -0.39 is 0 Å². The second-order valence-corrected chi connectivity index (χ2v) is 26.1. The number of hydrogen-bond acceptors (Lipinski definition) is 5. The summed E-state index contributed by atoms with van der Waals surface area (Å²) < 4.78 is 25.6. The number of hydrogen-bond donors (Lipinski definition) is 0. The zero-order valence-electron chi connectivity index (χ0n) is 52.4. The van der Waals surface area contributed by atoms with Crippen molar-refractivity contribution in [1.82, 2.24) is 9.13 Å². The molecule has 17 aromatic rings. The van der Waals surface area contributed by atoms with Crippen molar-refractivity contribution >= 4 is 144 Å². The smallest absolute Gasteiger partial charge is 0.137 e. The molecule has 12 aromatic carbocycles. The molecule has 0 saturated carbocycles. The fourth-order valence-electron chi connectivity index (χ4n) is 14.3. The summed E-state index contributed by atoms with van der Waals surface area (Å²) in [6.07, 6.45) is 0. The molecule has 0 unspecified atom stereocenters. The van der Waals surface area contributed by atoms with Crippen molar-refractivity contribution < 1.29 is 13.3 Å². The van der Waals surface area contributed by atoms with Gasteiger partial charge >= 0.3 is 0 Å². The number of benzene rings is 12. The largest absolute Gasteiger partial charge is 0.456 e. The summed E-state index contributed by atoms with van der Waals surface area (Å²) in [5.74, 6) is 1.57. The number of fused-ring (bicyclic) bond motifs is 15. The molecule has 0 aliphatic carbocycles. The molecular formula is C84H68N4O3. The highest BCUT2D eigenvalue weighted by molar-refractivity contribution is 6.19. The number of aromatic nitrogens is 2. The minimum absolute atomic E-state index is 0.393. The van der Waals surface area contributed by atoms with Crippen molar-refractivity contribution in [3.05, 3.63) is 265 Å². The first-order chi connectivity index (χ1) is 44.4. The Labute approximate surface area is 528 Å². The van der Waals surface area contributed by atoms with Gasteiger partial charge in [-0.2, -0.15) is 0 Å². The Balaban J connectivity index is 0.754. The third kappa shape index (κ3) is 8.84. The van der Waals surface area contributed by atoms with E-state index in [1.165, 1.54) is 66.2 Å². The maximum Gasteiger partial charge on any atom is 0.137 e. The van der Waals surface area contributed by atoms with Gasteiger partial charge < -0.3 is 32.2 Å². The molecule has 0 fully saturated rings. The Morgan fingerprint density at radius 1 is 0.231 bits per heavy atom. The maximum atomic E-state index is 6.93. The van der Waals surface area contributed by atoms with Crippen molar-refractivity contribution in [2.75, 3.05) is 9.80 Å². The van der Waals surface area contributed by atoms with Gasteiger partial charge in [-0.1, -0.05) is 152 Å². The molecule has 0 atom stereocenters. The first-order valence-corrected chi connectivity index (χ1v) is 32.1. The predicted molar refractivity (Wildman–Crippen MR) is 383 cm³/mol. The highest BCUT2D eigenvalue weighted by Crippen LogP contribution is 2.47. The van der Waals surface area contributed by atoms with Crippen LogP contribution >= 0.6 is 0 Å². The molecular weight excluding hydrogens is 1110 g/mol. The molecule has 17 rings (SSSR count). The third-order valence-electron chi connectivity index (χ3n) is 19.1. The Morgan fingerprint density at radius 3 is 0.868 bits per heavy atom. The van der Waals surface area contributed by atoms with Gasteiger partial charge in [0.25, 0.3) is 0 Å². The highest BCUT2D eigenvalue weighted by atomic mass is 16.3. The lowest BCUT2D eigenvalue weighted by atomic mass is 9.95. The minimum Gasteiger partial charge on any atom is -0.456 e. The number of para-hydroxylation sites is 4. The molecule has 0 N–H and O–H groups in total. The first-order valence-electron chi connectivity index (χ1n) is 32.1. The van der Waals surface area contributed by atoms with Crippen molar-refractivity contribution in [2.24, 2.45) is 0 Å². The van der Waals surface area contributed by atoms with E-state index in [0.717, 1.165) is 111 Å². The molecule has 0 amide bonds. The van der Waals surface area contributed by atoms with Crippen LogP contribution in [0.25, 0.3) is 121 Å². The number of furan rings is 3. The Bertz CT molecular complexity index is 5350. The molecule has 442 valence electrons. The van der Waals surface area contributed by atoms with Crippen LogP contribution in [0.5, 0.6) is 0 Å². The second kappa shape index (κ2) is 20.9. The number of nitrogens with zero attached hydrogens (tertiary/aromatic N) is 4. The molecule has 7 heteroatoms. The molecule has 0 aliphatic heterocycles. The minimum atomic E-state index is 0.393. The Morgan fingerprint density at radius 2 is 0.516 bits per heavy atom. The van der Waals surface area contributed by atoms with Crippen LogP contribution in [-0.2, 0) is 0 Å². The molecule has 0 bridgehead atoms. The summed E-state index contributed by atoms with van der Waals surface area (Å²) in [6.45, 7) is 18.3.